The summed E-state index contributed by atoms with van der Waals surface area (Å²) in [7, 11) is 0. The molecule has 0 unspecified atom stereocenters. The first-order chi connectivity index (χ1) is 10.7. The smallest absolute Gasteiger partial charge is 0.324 e. The zero-order valence-electron chi connectivity index (χ0n) is 11.7. The number of rotatable bonds is 5. The highest BCUT2D eigenvalue weighted by atomic mass is 32.1. The Morgan fingerprint density at radius 2 is 1.68 bits per heavy atom. The third-order valence-electron chi connectivity index (χ3n) is 3.31. The Balaban J connectivity index is 1.65. The highest BCUT2D eigenvalue weighted by molar-refractivity contribution is 7.13. The van der Waals surface area contributed by atoms with E-state index in [-0.39, 0.29) is 9.92 Å². The van der Waals surface area contributed by atoms with Gasteiger partial charge in [-0.25, -0.2) is 0 Å². The van der Waals surface area contributed by atoms with Crippen LogP contribution in [0.15, 0.2) is 66.0 Å². The minimum absolute atomic E-state index is 0.177. The van der Waals surface area contributed by atoms with E-state index < -0.39 is 0 Å². The van der Waals surface area contributed by atoms with Crippen LogP contribution in [-0.2, 0) is 6.54 Å². The normalized spacial score (nSPS) is 10.4. The van der Waals surface area contributed by atoms with Crippen LogP contribution in [0.5, 0.6) is 0 Å². The van der Waals surface area contributed by atoms with Crippen molar-refractivity contribution in [2.45, 2.75) is 6.54 Å². The van der Waals surface area contributed by atoms with Crippen molar-refractivity contribution >= 4 is 22.0 Å². The van der Waals surface area contributed by atoms with Gasteiger partial charge in [0.1, 0.15) is 0 Å². The van der Waals surface area contributed by atoms with Crippen LogP contribution in [0, 0.1) is 10.1 Å². The van der Waals surface area contributed by atoms with Crippen LogP contribution in [0.1, 0.15) is 5.56 Å². The number of nitro groups is 1. The van der Waals surface area contributed by atoms with Crippen molar-refractivity contribution in [1.82, 2.24) is 0 Å². The predicted molar refractivity (Wildman–Crippen MR) is 90.2 cm³/mol. The van der Waals surface area contributed by atoms with Crippen molar-refractivity contribution in [1.29, 1.82) is 0 Å². The summed E-state index contributed by atoms with van der Waals surface area (Å²) in [5, 5.41) is 15.9. The molecule has 0 bridgehead atoms. The van der Waals surface area contributed by atoms with E-state index in [0.717, 1.165) is 28.2 Å². The van der Waals surface area contributed by atoms with E-state index in [9.17, 15) is 10.1 Å². The molecular weight excluding hydrogens is 296 g/mol. The molecule has 1 N–H and O–H groups in total. The number of thiophene rings is 1. The summed E-state index contributed by atoms with van der Waals surface area (Å²) in [6.45, 7) is 0.578. The van der Waals surface area contributed by atoms with Gasteiger partial charge in [-0.05, 0) is 28.8 Å². The van der Waals surface area contributed by atoms with Crippen LogP contribution in [-0.4, -0.2) is 4.92 Å². The van der Waals surface area contributed by atoms with Crippen LogP contribution in [0.4, 0.5) is 10.7 Å². The minimum atomic E-state index is -0.358. The molecule has 1 heterocycles. The van der Waals surface area contributed by atoms with Gasteiger partial charge in [-0.1, -0.05) is 53.8 Å². The first-order valence-electron chi connectivity index (χ1n) is 6.83. The van der Waals surface area contributed by atoms with Gasteiger partial charge in [0, 0.05) is 23.7 Å². The fourth-order valence-electron chi connectivity index (χ4n) is 2.17. The van der Waals surface area contributed by atoms with Gasteiger partial charge < -0.3 is 5.32 Å². The standard InChI is InChI=1S/C17H14N2O2S/c20-19(21)17-10-13(12-22-17)11-18-16-8-6-15(7-9-16)14-4-2-1-3-5-14/h1-10,12,18H,11H2. The monoisotopic (exact) mass is 310 g/mol. The third-order valence-corrected chi connectivity index (χ3v) is 4.24. The van der Waals surface area contributed by atoms with Crippen molar-refractivity contribution in [3.8, 4) is 11.1 Å². The van der Waals surface area contributed by atoms with Gasteiger partial charge in [-0.2, -0.15) is 0 Å². The number of hydrogen-bond acceptors (Lipinski definition) is 4. The van der Waals surface area contributed by atoms with Crippen molar-refractivity contribution in [3.05, 3.63) is 81.7 Å². The molecular formula is C17H14N2O2S. The number of anilines is 1. The van der Waals surface area contributed by atoms with Gasteiger partial charge >= 0.3 is 5.00 Å². The second-order valence-electron chi connectivity index (χ2n) is 4.85. The minimum Gasteiger partial charge on any atom is -0.381 e. The molecule has 0 amide bonds. The molecule has 110 valence electrons. The lowest BCUT2D eigenvalue weighted by Crippen LogP contribution is -1.97. The number of benzene rings is 2. The largest absolute Gasteiger partial charge is 0.381 e. The molecule has 0 fully saturated rings. The van der Waals surface area contributed by atoms with E-state index in [2.05, 4.69) is 29.6 Å². The van der Waals surface area contributed by atoms with Crippen molar-refractivity contribution in [3.63, 3.8) is 0 Å². The fraction of sp³-hybridized carbons (Fsp3) is 0.0588. The number of nitrogens with one attached hydrogen (secondary N) is 1. The molecule has 3 aromatic rings. The van der Waals surface area contributed by atoms with Crippen molar-refractivity contribution in [2.24, 2.45) is 0 Å². The van der Waals surface area contributed by atoms with Gasteiger partial charge in [-0.15, -0.1) is 0 Å². The maximum atomic E-state index is 10.7. The molecule has 0 radical (unpaired) electrons. The molecule has 0 saturated heterocycles. The highest BCUT2D eigenvalue weighted by Crippen LogP contribution is 2.24. The summed E-state index contributed by atoms with van der Waals surface area (Å²) in [6, 6.07) is 20.0. The first-order valence-corrected chi connectivity index (χ1v) is 7.71. The molecule has 1 aromatic heterocycles. The first kappa shape index (κ1) is 14.3. The second-order valence-corrected chi connectivity index (χ2v) is 5.74. The Morgan fingerprint density at radius 3 is 2.32 bits per heavy atom. The summed E-state index contributed by atoms with van der Waals surface area (Å²) >= 11 is 1.15. The molecule has 0 aliphatic heterocycles. The summed E-state index contributed by atoms with van der Waals surface area (Å²) in [4.78, 5) is 10.3. The Morgan fingerprint density at radius 1 is 1.00 bits per heavy atom. The summed E-state index contributed by atoms with van der Waals surface area (Å²) in [6.07, 6.45) is 0. The van der Waals surface area contributed by atoms with Crippen molar-refractivity contribution < 1.29 is 4.92 Å². The average molecular weight is 310 g/mol. The zero-order valence-corrected chi connectivity index (χ0v) is 12.5. The fourth-order valence-corrected chi connectivity index (χ4v) is 2.90. The maximum Gasteiger partial charge on any atom is 0.324 e. The Labute approximate surface area is 132 Å². The molecule has 5 heteroatoms. The Kier molecular flexibility index (Phi) is 4.16. The van der Waals surface area contributed by atoms with E-state index in [0.29, 0.717) is 6.54 Å². The molecule has 0 atom stereocenters. The molecule has 2 aromatic carbocycles. The molecule has 0 aliphatic rings. The quantitative estimate of drug-likeness (QED) is 0.536. The van der Waals surface area contributed by atoms with E-state index >= 15 is 0 Å². The lowest BCUT2D eigenvalue weighted by molar-refractivity contribution is -0.380. The predicted octanol–water partition coefficient (Wildman–Crippen LogP) is 4.94. The number of nitrogens with zero attached hydrogens (tertiary/aromatic N) is 1. The molecule has 3 rings (SSSR count). The summed E-state index contributed by atoms with van der Waals surface area (Å²) < 4.78 is 0. The molecule has 4 nitrogen and oxygen atoms in total. The van der Waals surface area contributed by atoms with Gasteiger partial charge in [0.2, 0.25) is 0 Å². The summed E-state index contributed by atoms with van der Waals surface area (Å²) in [5.41, 5.74) is 4.26. The van der Waals surface area contributed by atoms with Gasteiger partial charge in [0.05, 0.1) is 4.92 Å². The average Bonchev–Trinajstić information content (AvgIpc) is 3.04. The topological polar surface area (TPSA) is 55.2 Å². The lowest BCUT2D eigenvalue weighted by atomic mass is 10.1. The van der Waals surface area contributed by atoms with Crippen LogP contribution in [0.25, 0.3) is 11.1 Å². The van der Waals surface area contributed by atoms with Gasteiger partial charge in [0.15, 0.2) is 0 Å². The SMILES string of the molecule is O=[N+]([O-])c1cc(CNc2ccc(-c3ccccc3)cc2)cs1. The van der Waals surface area contributed by atoms with Crippen LogP contribution in [0.3, 0.4) is 0 Å². The number of hydrogen-bond donors (Lipinski definition) is 1. The van der Waals surface area contributed by atoms with Crippen LogP contribution in [0.2, 0.25) is 0 Å². The molecule has 22 heavy (non-hydrogen) atoms. The second kappa shape index (κ2) is 6.41. The molecule has 0 aliphatic carbocycles. The Bertz CT molecular complexity index is 767. The Hall–Kier alpha value is -2.66. The summed E-state index contributed by atoms with van der Waals surface area (Å²) in [5.74, 6) is 0. The van der Waals surface area contributed by atoms with E-state index in [1.807, 2.05) is 35.7 Å². The van der Waals surface area contributed by atoms with E-state index in [1.54, 1.807) is 6.07 Å². The van der Waals surface area contributed by atoms with Crippen LogP contribution < -0.4 is 5.32 Å². The zero-order chi connectivity index (χ0) is 15.4. The van der Waals surface area contributed by atoms with E-state index in [4.69, 9.17) is 0 Å². The molecule has 0 spiro atoms. The molecule has 0 saturated carbocycles. The van der Waals surface area contributed by atoms with Crippen molar-refractivity contribution in [2.75, 3.05) is 5.32 Å². The highest BCUT2D eigenvalue weighted by Gasteiger charge is 2.09. The maximum absolute atomic E-state index is 10.7. The third kappa shape index (κ3) is 3.32. The van der Waals surface area contributed by atoms with Gasteiger partial charge in [-0.3, -0.25) is 10.1 Å². The lowest BCUT2D eigenvalue weighted by Gasteiger charge is -2.06. The van der Waals surface area contributed by atoms with Crippen LogP contribution >= 0.6 is 11.3 Å². The van der Waals surface area contributed by atoms with E-state index in [1.165, 1.54) is 5.56 Å². The van der Waals surface area contributed by atoms with Gasteiger partial charge in [0.25, 0.3) is 0 Å².